The first-order valence-corrected chi connectivity index (χ1v) is 3.93. The maximum atomic E-state index is 5.30. The van der Waals surface area contributed by atoms with Crippen molar-refractivity contribution in [1.82, 2.24) is 0 Å². The molecule has 0 aliphatic carbocycles. The largest absolute Gasteiger partial charge is 0.381 e. The van der Waals surface area contributed by atoms with E-state index < -0.39 is 0 Å². The van der Waals surface area contributed by atoms with Gasteiger partial charge in [-0.2, -0.15) is 0 Å². The first-order valence-electron chi connectivity index (χ1n) is 3.93. The molecule has 0 heterocycles. The molecule has 0 aromatic carbocycles. The molecule has 0 saturated carbocycles. The van der Waals surface area contributed by atoms with Crippen LogP contribution in [0.5, 0.6) is 0 Å². The van der Waals surface area contributed by atoms with Gasteiger partial charge in [0.05, 0.1) is 0 Å². The van der Waals surface area contributed by atoms with Crippen LogP contribution < -0.4 is 0 Å². The molecule has 10 heavy (non-hydrogen) atoms. The standard InChI is InChI=1S/C9H19O/c1-5-7-10-8-6-9(2,3)4/h1,5-8H2,2-4H3. The van der Waals surface area contributed by atoms with Crippen molar-refractivity contribution in [2.24, 2.45) is 5.41 Å². The van der Waals surface area contributed by atoms with E-state index in [4.69, 9.17) is 4.74 Å². The van der Waals surface area contributed by atoms with Gasteiger partial charge in [0.1, 0.15) is 0 Å². The highest BCUT2D eigenvalue weighted by Crippen LogP contribution is 2.17. The van der Waals surface area contributed by atoms with Gasteiger partial charge in [-0.25, -0.2) is 0 Å². The van der Waals surface area contributed by atoms with E-state index in [1.807, 2.05) is 0 Å². The van der Waals surface area contributed by atoms with Crippen LogP contribution >= 0.6 is 0 Å². The Labute approximate surface area is 64.8 Å². The van der Waals surface area contributed by atoms with E-state index in [2.05, 4.69) is 27.7 Å². The third kappa shape index (κ3) is 7.96. The summed E-state index contributed by atoms with van der Waals surface area (Å²) in [5, 5.41) is 0. The lowest BCUT2D eigenvalue weighted by Crippen LogP contribution is -2.09. The number of rotatable bonds is 4. The fraction of sp³-hybridized carbons (Fsp3) is 0.889. The molecule has 0 spiro atoms. The molecule has 0 fully saturated rings. The zero-order valence-electron chi connectivity index (χ0n) is 7.44. The van der Waals surface area contributed by atoms with Crippen LogP contribution in [0.1, 0.15) is 33.6 Å². The third-order valence-electron chi connectivity index (χ3n) is 1.29. The second-order valence-electron chi connectivity index (χ2n) is 3.78. The molecular formula is C9H19O. The molecule has 1 radical (unpaired) electrons. The van der Waals surface area contributed by atoms with Crippen molar-refractivity contribution in [3.63, 3.8) is 0 Å². The van der Waals surface area contributed by atoms with Crippen LogP contribution in [0.2, 0.25) is 0 Å². The minimum atomic E-state index is 0.404. The Morgan fingerprint density at radius 2 is 1.80 bits per heavy atom. The molecule has 1 nitrogen and oxygen atoms in total. The molecule has 0 rings (SSSR count). The van der Waals surface area contributed by atoms with Gasteiger partial charge in [-0.05, 0) is 18.3 Å². The van der Waals surface area contributed by atoms with E-state index in [0.29, 0.717) is 5.41 Å². The Morgan fingerprint density at radius 3 is 2.20 bits per heavy atom. The minimum Gasteiger partial charge on any atom is -0.381 e. The second kappa shape index (κ2) is 4.73. The van der Waals surface area contributed by atoms with Gasteiger partial charge in [0, 0.05) is 13.2 Å². The molecule has 1 heteroatoms. The third-order valence-corrected chi connectivity index (χ3v) is 1.29. The van der Waals surface area contributed by atoms with Crippen LogP contribution in [0, 0.1) is 12.3 Å². The van der Waals surface area contributed by atoms with Crippen LogP contribution in [0.4, 0.5) is 0 Å². The van der Waals surface area contributed by atoms with Gasteiger partial charge in [0.15, 0.2) is 0 Å². The van der Waals surface area contributed by atoms with Crippen LogP contribution in [0.3, 0.4) is 0 Å². The number of hydrogen-bond acceptors (Lipinski definition) is 1. The summed E-state index contributed by atoms with van der Waals surface area (Å²) in [4.78, 5) is 0. The summed E-state index contributed by atoms with van der Waals surface area (Å²) in [5.74, 6) is 0. The summed E-state index contributed by atoms with van der Waals surface area (Å²) in [5.41, 5.74) is 0.404. The van der Waals surface area contributed by atoms with Crippen molar-refractivity contribution >= 4 is 0 Å². The highest BCUT2D eigenvalue weighted by Gasteiger charge is 2.08. The van der Waals surface area contributed by atoms with Gasteiger partial charge in [0.25, 0.3) is 0 Å². The summed E-state index contributed by atoms with van der Waals surface area (Å²) in [6, 6.07) is 0. The molecule has 0 saturated heterocycles. The molecule has 0 N–H and O–H groups in total. The lowest BCUT2D eigenvalue weighted by Gasteiger charge is -2.17. The zero-order valence-corrected chi connectivity index (χ0v) is 7.44. The Bertz CT molecular complexity index is 71.3. The van der Waals surface area contributed by atoms with Crippen LogP contribution in [0.25, 0.3) is 0 Å². The molecule has 0 aliphatic heterocycles. The summed E-state index contributed by atoms with van der Waals surface area (Å²) < 4.78 is 5.30. The van der Waals surface area contributed by atoms with Gasteiger partial charge in [0.2, 0.25) is 0 Å². The molecule has 0 aliphatic rings. The van der Waals surface area contributed by atoms with Gasteiger partial charge in [-0.3, -0.25) is 0 Å². The molecule has 61 valence electrons. The maximum Gasteiger partial charge on any atom is 0.0471 e. The fourth-order valence-electron chi connectivity index (χ4n) is 0.582. The number of ether oxygens (including phenoxy) is 1. The molecule has 0 aromatic heterocycles. The predicted octanol–water partition coefficient (Wildman–Crippen LogP) is 2.66. The lowest BCUT2D eigenvalue weighted by atomic mass is 9.93. The zero-order chi connectivity index (χ0) is 8.04. The van der Waals surface area contributed by atoms with Gasteiger partial charge in [-0.15, -0.1) is 0 Å². The molecule has 0 unspecified atom stereocenters. The van der Waals surface area contributed by atoms with E-state index in [0.717, 1.165) is 26.1 Å². The van der Waals surface area contributed by atoms with E-state index >= 15 is 0 Å². The summed E-state index contributed by atoms with van der Waals surface area (Å²) in [6.07, 6.45) is 2.01. The fourth-order valence-corrected chi connectivity index (χ4v) is 0.582. The molecule has 0 bridgehead atoms. The van der Waals surface area contributed by atoms with E-state index in [1.165, 1.54) is 0 Å². The van der Waals surface area contributed by atoms with Crippen molar-refractivity contribution < 1.29 is 4.74 Å². The van der Waals surface area contributed by atoms with E-state index in [-0.39, 0.29) is 0 Å². The van der Waals surface area contributed by atoms with Crippen molar-refractivity contribution in [3.05, 3.63) is 6.92 Å². The summed E-state index contributed by atoms with van der Waals surface area (Å²) >= 11 is 0. The first kappa shape index (κ1) is 9.96. The second-order valence-corrected chi connectivity index (χ2v) is 3.78. The Kier molecular flexibility index (Phi) is 4.71. The van der Waals surface area contributed by atoms with Crippen molar-refractivity contribution in [2.75, 3.05) is 13.2 Å². The van der Waals surface area contributed by atoms with Gasteiger partial charge >= 0.3 is 0 Å². The average molecular weight is 143 g/mol. The van der Waals surface area contributed by atoms with Crippen LogP contribution in [0.15, 0.2) is 0 Å². The highest BCUT2D eigenvalue weighted by molar-refractivity contribution is 4.59. The monoisotopic (exact) mass is 143 g/mol. The lowest BCUT2D eigenvalue weighted by molar-refractivity contribution is 0.112. The van der Waals surface area contributed by atoms with Crippen molar-refractivity contribution in [3.8, 4) is 0 Å². The van der Waals surface area contributed by atoms with E-state index in [9.17, 15) is 0 Å². The van der Waals surface area contributed by atoms with Crippen molar-refractivity contribution in [1.29, 1.82) is 0 Å². The molecule has 0 atom stereocenters. The minimum absolute atomic E-state index is 0.404. The Hall–Kier alpha value is -0.0400. The molecule has 0 amide bonds. The normalized spacial score (nSPS) is 12.0. The highest BCUT2D eigenvalue weighted by atomic mass is 16.5. The maximum absolute atomic E-state index is 5.30. The van der Waals surface area contributed by atoms with Gasteiger partial charge < -0.3 is 4.74 Å². The predicted molar refractivity (Wildman–Crippen MR) is 44.9 cm³/mol. The summed E-state index contributed by atoms with van der Waals surface area (Å²) in [6.45, 7) is 12.0. The Balaban J connectivity index is 3.04. The van der Waals surface area contributed by atoms with Crippen molar-refractivity contribution in [2.45, 2.75) is 33.6 Å². The SMILES string of the molecule is [CH2]CCOCCC(C)(C)C. The smallest absolute Gasteiger partial charge is 0.0471 e. The first-order chi connectivity index (χ1) is 4.56. The molecular weight excluding hydrogens is 124 g/mol. The average Bonchev–Trinajstić information content (AvgIpc) is 1.78. The molecule has 0 aromatic rings. The summed E-state index contributed by atoms with van der Waals surface area (Å²) in [7, 11) is 0. The Morgan fingerprint density at radius 1 is 1.20 bits per heavy atom. The quantitative estimate of drug-likeness (QED) is 0.550. The topological polar surface area (TPSA) is 9.23 Å². The van der Waals surface area contributed by atoms with Crippen LogP contribution in [-0.4, -0.2) is 13.2 Å². The number of hydrogen-bond donors (Lipinski definition) is 0. The van der Waals surface area contributed by atoms with E-state index in [1.54, 1.807) is 0 Å². The van der Waals surface area contributed by atoms with Gasteiger partial charge in [-0.1, -0.05) is 27.7 Å². The van der Waals surface area contributed by atoms with Crippen LogP contribution in [-0.2, 0) is 4.74 Å².